The van der Waals surface area contributed by atoms with Gasteiger partial charge in [-0.15, -0.1) is 0 Å². The fraction of sp³-hybridized carbons (Fsp3) is 1.00. The Labute approximate surface area is 93.6 Å². The van der Waals surface area contributed by atoms with Crippen molar-refractivity contribution in [2.24, 2.45) is 17.1 Å². The summed E-state index contributed by atoms with van der Waals surface area (Å²) in [5.41, 5.74) is 6.40. The number of hydrogen-bond acceptors (Lipinski definition) is 2. The quantitative estimate of drug-likeness (QED) is 0.762. The third kappa shape index (κ3) is 2.21. The van der Waals surface area contributed by atoms with E-state index in [1.165, 1.54) is 38.5 Å². The first-order valence-corrected chi connectivity index (χ1v) is 6.42. The second kappa shape index (κ2) is 4.06. The molecule has 15 heavy (non-hydrogen) atoms. The molecule has 1 saturated heterocycles. The van der Waals surface area contributed by atoms with Crippen molar-refractivity contribution in [2.75, 3.05) is 13.2 Å². The van der Waals surface area contributed by atoms with Crippen molar-refractivity contribution in [3.05, 3.63) is 0 Å². The Balaban J connectivity index is 2.10. The molecule has 1 aliphatic heterocycles. The lowest BCUT2D eigenvalue weighted by Crippen LogP contribution is -2.43. The average molecular weight is 211 g/mol. The van der Waals surface area contributed by atoms with Crippen LogP contribution >= 0.6 is 0 Å². The highest BCUT2D eigenvalue weighted by Gasteiger charge is 2.47. The molecule has 0 aromatic carbocycles. The predicted octanol–water partition coefficient (Wildman–Crippen LogP) is 2.71. The molecule has 0 amide bonds. The third-order valence-corrected chi connectivity index (χ3v) is 4.48. The van der Waals surface area contributed by atoms with Gasteiger partial charge in [-0.05, 0) is 63.8 Å². The van der Waals surface area contributed by atoms with Crippen molar-refractivity contribution in [2.45, 2.75) is 58.0 Å². The number of rotatable bonds is 2. The van der Waals surface area contributed by atoms with Gasteiger partial charge in [0, 0.05) is 6.61 Å². The zero-order valence-corrected chi connectivity index (χ0v) is 10.2. The zero-order chi connectivity index (χ0) is 10.9. The molecular formula is C13H25NO. The maximum Gasteiger partial charge on any atom is 0.0631 e. The number of ether oxygens (including phenoxy) is 1. The lowest BCUT2D eigenvalue weighted by molar-refractivity contribution is -0.116. The molecule has 0 aromatic heterocycles. The molecular weight excluding hydrogens is 186 g/mol. The Morgan fingerprint density at radius 3 is 2.80 bits per heavy atom. The number of nitrogens with two attached hydrogens (primary N) is 1. The van der Waals surface area contributed by atoms with Gasteiger partial charge in [0.2, 0.25) is 0 Å². The highest BCUT2D eigenvalue weighted by atomic mass is 16.5. The maximum atomic E-state index is 5.85. The van der Waals surface area contributed by atoms with E-state index >= 15 is 0 Å². The van der Waals surface area contributed by atoms with Crippen molar-refractivity contribution in [1.29, 1.82) is 0 Å². The zero-order valence-electron chi connectivity index (χ0n) is 10.2. The first-order valence-electron chi connectivity index (χ1n) is 6.42. The van der Waals surface area contributed by atoms with Crippen molar-refractivity contribution in [3.63, 3.8) is 0 Å². The SMILES string of the molecule is CC1(C)CC2(CCCC2CCN)CCO1. The van der Waals surface area contributed by atoms with Gasteiger partial charge in [0.15, 0.2) is 0 Å². The lowest BCUT2D eigenvalue weighted by atomic mass is 9.66. The van der Waals surface area contributed by atoms with Gasteiger partial charge in [-0.3, -0.25) is 0 Å². The fourth-order valence-electron chi connectivity index (χ4n) is 3.94. The van der Waals surface area contributed by atoms with Crippen LogP contribution in [0, 0.1) is 11.3 Å². The summed E-state index contributed by atoms with van der Waals surface area (Å²) in [5, 5.41) is 0. The van der Waals surface area contributed by atoms with E-state index in [-0.39, 0.29) is 5.60 Å². The monoisotopic (exact) mass is 211 g/mol. The van der Waals surface area contributed by atoms with Gasteiger partial charge in [-0.2, -0.15) is 0 Å². The normalized spacial score (nSPS) is 39.8. The summed E-state index contributed by atoms with van der Waals surface area (Å²) in [6, 6.07) is 0. The summed E-state index contributed by atoms with van der Waals surface area (Å²) < 4.78 is 5.85. The molecule has 2 fully saturated rings. The van der Waals surface area contributed by atoms with Crippen LogP contribution in [0.3, 0.4) is 0 Å². The van der Waals surface area contributed by atoms with Gasteiger partial charge in [0.25, 0.3) is 0 Å². The van der Waals surface area contributed by atoms with Crippen LogP contribution in [0.5, 0.6) is 0 Å². The Morgan fingerprint density at radius 1 is 1.33 bits per heavy atom. The van der Waals surface area contributed by atoms with Crippen molar-refractivity contribution in [3.8, 4) is 0 Å². The summed E-state index contributed by atoms with van der Waals surface area (Å²) >= 11 is 0. The molecule has 2 heteroatoms. The first kappa shape index (κ1) is 11.4. The Kier molecular flexibility index (Phi) is 3.09. The molecule has 1 heterocycles. The van der Waals surface area contributed by atoms with Gasteiger partial charge in [-0.25, -0.2) is 0 Å². The molecule has 2 rings (SSSR count). The van der Waals surface area contributed by atoms with E-state index in [1.807, 2.05) is 0 Å². The second-order valence-electron chi connectivity index (χ2n) is 6.06. The van der Waals surface area contributed by atoms with E-state index in [2.05, 4.69) is 13.8 Å². The third-order valence-electron chi connectivity index (χ3n) is 4.48. The second-order valence-corrected chi connectivity index (χ2v) is 6.06. The molecule has 88 valence electrons. The van der Waals surface area contributed by atoms with Crippen molar-refractivity contribution in [1.82, 2.24) is 0 Å². The summed E-state index contributed by atoms with van der Waals surface area (Å²) in [5.74, 6) is 0.866. The van der Waals surface area contributed by atoms with Crippen LogP contribution in [-0.4, -0.2) is 18.8 Å². The molecule has 1 aliphatic carbocycles. The smallest absolute Gasteiger partial charge is 0.0631 e. The Bertz CT molecular complexity index is 227. The molecule has 0 bridgehead atoms. The largest absolute Gasteiger partial charge is 0.376 e. The number of hydrogen-bond donors (Lipinski definition) is 1. The molecule has 2 atom stereocenters. The van der Waals surface area contributed by atoms with E-state index in [9.17, 15) is 0 Å². The Hall–Kier alpha value is -0.0800. The molecule has 2 aliphatic rings. The van der Waals surface area contributed by atoms with Crippen molar-refractivity contribution >= 4 is 0 Å². The predicted molar refractivity (Wildman–Crippen MR) is 62.7 cm³/mol. The summed E-state index contributed by atoms with van der Waals surface area (Å²) in [4.78, 5) is 0. The molecule has 0 radical (unpaired) electrons. The summed E-state index contributed by atoms with van der Waals surface area (Å²) in [6.45, 7) is 6.29. The van der Waals surface area contributed by atoms with Gasteiger partial charge < -0.3 is 10.5 Å². The molecule has 0 aromatic rings. The standard InChI is InChI=1S/C13H25NO/c1-12(2)10-13(7-9-15-12)6-3-4-11(13)5-8-14/h11H,3-10,14H2,1-2H3. The van der Waals surface area contributed by atoms with Gasteiger partial charge in [-0.1, -0.05) is 6.42 Å². The minimum atomic E-state index is 0.0927. The Morgan fingerprint density at radius 2 is 2.13 bits per heavy atom. The average Bonchev–Trinajstić information content (AvgIpc) is 2.48. The van der Waals surface area contributed by atoms with Crippen LogP contribution in [-0.2, 0) is 4.74 Å². The fourth-order valence-corrected chi connectivity index (χ4v) is 3.94. The van der Waals surface area contributed by atoms with Crippen LogP contribution in [0.1, 0.15) is 52.4 Å². The van der Waals surface area contributed by atoms with E-state index < -0.39 is 0 Å². The van der Waals surface area contributed by atoms with E-state index in [4.69, 9.17) is 10.5 Å². The highest BCUT2D eigenvalue weighted by Crippen LogP contribution is 2.54. The van der Waals surface area contributed by atoms with Crippen LogP contribution in [0.4, 0.5) is 0 Å². The van der Waals surface area contributed by atoms with Crippen LogP contribution in [0.25, 0.3) is 0 Å². The van der Waals surface area contributed by atoms with E-state index in [0.29, 0.717) is 5.41 Å². The van der Waals surface area contributed by atoms with Crippen LogP contribution in [0.2, 0.25) is 0 Å². The van der Waals surface area contributed by atoms with Gasteiger partial charge >= 0.3 is 0 Å². The maximum absolute atomic E-state index is 5.85. The lowest BCUT2D eigenvalue weighted by Gasteiger charge is -2.46. The van der Waals surface area contributed by atoms with E-state index in [1.54, 1.807) is 0 Å². The van der Waals surface area contributed by atoms with Gasteiger partial charge in [0.05, 0.1) is 5.60 Å². The molecule has 2 N–H and O–H groups in total. The summed E-state index contributed by atoms with van der Waals surface area (Å²) in [6.07, 6.45) is 7.93. The molecule has 1 spiro atoms. The minimum absolute atomic E-state index is 0.0927. The van der Waals surface area contributed by atoms with E-state index in [0.717, 1.165) is 19.1 Å². The van der Waals surface area contributed by atoms with Crippen LogP contribution < -0.4 is 5.73 Å². The van der Waals surface area contributed by atoms with Gasteiger partial charge in [0.1, 0.15) is 0 Å². The molecule has 2 nitrogen and oxygen atoms in total. The molecule has 2 unspecified atom stereocenters. The first-order chi connectivity index (χ1) is 7.08. The highest BCUT2D eigenvalue weighted by molar-refractivity contribution is 4.98. The van der Waals surface area contributed by atoms with Crippen molar-refractivity contribution < 1.29 is 4.74 Å². The summed E-state index contributed by atoms with van der Waals surface area (Å²) in [7, 11) is 0. The topological polar surface area (TPSA) is 35.2 Å². The molecule has 1 saturated carbocycles. The van der Waals surface area contributed by atoms with Crippen LogP contribution in [0.15, 0.2) is 0 Å². The minimum Gasteiger partial charge on any atom is -0.376 e.